The molecule has 1 unspecified atom stereocenters. The van der Waals surface area contributed by atoms with Crippen LogP contribution in [0.15, 0.2) is 18.3 Å². The van der Waals surface area contributed by atoms with Crippen molar-refractivity contribution in [3.63, 3.8) is 0 Å². The quantitative estimate of drug-likeness (QED) is 0.628. The molecule has 3 rings (SSSR count). The highest BCUT2D eigenvalue weighted by atomic mass is 15.3. The third-order valence-corrected chi connectivity index (χ3v) is 4.20. The number of aromatic nitrogens is 1. The molecule has 5 nitrogen and oxygen atoms in total. The number of amidine groups is 1. The van der Waals surface area contributed by atoms with Crippen molar-refractivity contribution in [3.8, 4) is 0 Å². The second-order valence-corrected chi connectivity index (χ2v) is 5.42. The van der Waals surface area contributed by atoms with Crippen molar-refractivity contribution in [2.75, 3.05) is 31.1 Å². The minimum Gasteiger partial charge on any atom is -0.384 e. The fourth-order valence-corrected chi connectivity index (χ4v) is 3.20. The molecule has 0 saturated carbocycles. The lowest BCUT2D eigenvalue weighted by atomic mass is 10.2. The Hall–Kier alpha value is -1.62. The Bertz CT molecular complexity index is 467. The molecule has 0 amide bonds. The Morgan fingerprint density at radius 1 is 1.32 bits per heavy atom. The number of nitrogens with one attached hydrogen (secondary N) is 1. The zero-order valence-corrected chi connectivity index (χ0v) is 11.2. The van der Waals surface area contributed by atoms with E-state index in [1.54, 1.807) is 6.20 Å². The van der Waals surface area contributed by atoms with Crippen LogP contribution in [0, 0.1) is 5.41 Å². The van der Waals surface area contributed by atoms with Gasteiger partial charge >= 0.3 is 0 Å². The number of nitrogen functional groups attached to an aromatic ring is 1. The summed E-state index contributed by atoms with van der Waals surface area (Å²) in [6.45, 7) is 4.50. The van der Waals surface area contributed by atoms with Gasteiger partial charge in [-0.3, -0.25) is 10.3 Å². The van der Waals surface area contributed by atoms with E-state index >= 15 is 0 Å². The number of nitrogens with zero attached hydrogens (tertiary/aromatic N) is 3. The second-order valence-electron chi connectivity index (χ2n) is 5.42. The Balaban J connectivity index is 1.75. The highest BCUT2D eigenvalue weighted by Gasteiger charge is 2.30. The molecule has 1 aromatic rings. The van der Waals surface area contributed by atoms with Crippen molar-refractivity contribution in [2.24, 2.45) is 5.73 Å². The van der Waals surface area contributed by atoms with Crippen molar-refractivity contribution in [2.45, 2.75) is 25.3 Å². The third-order valence-electron chi connectivity index (χ3n) is 4.20. The van der Waals surface area contributed by atoms with Crippen LogP contribution >= 0.6 is 0 Å². The summed E-state index contributed by atoms with van der Waals surface area (Å²) in [5.74, 6) is 0.976. The first kappa shape index (κ1) is 12.4. The van der Waals surface area contributed by atoms with Crippen LogP contribution in [-0.4, -0.2) is 47.9 Å². The predicted octanol–water partition coefficient (Wildman–Crippen LogP) is 1.04. The van der Waals surface area contributed by atoms with Gasteiger partial charge in [0.15, 0.2) is 0 Å². The molecule has 0 radical (unpaired) electrons. The summed E-state index contributed by atoms with van der Waals surface area (Å²) in [6, 6.07) is 4.37. The molecule has 2 aliphatic rings. The summed E-state index contributed by atoms with van der Waals surface area (Å²) in [5.41, 5.74) is 6.40. The summed E-state index contributed by atoms with van der Waals surface area (Å²) in [5, 5.41) is 7.66. The summed E-state index contributed by atoms with van der Waals surface area (Å²) >= 11 is 0. The highest BCUT2D eigenvalue weighted by molar-refractivity contribution is 5.99. The molecule has 0 spiro atoms. The molecule has 0 aromatic carbocycles. The van der Waals surface area contributed by atoms with Gasteiger partial charge in [-0.25, -0.2) is 4.98 Å². The van der Waals surface area contributed by atoms with Crippen LogP contribution in [0.3, 0.4) is 0 Å². The molecule has 5 heteroatoms. The Morgan fingerprint density at radius 2 is 2.11 bits per heavy atom. The number of hydrogen-bond acceptors (Lipinski definition) is 4. The zero-order valence-electron chi connectivity index (χ0n) is 11.2. The van der Waals surface area contributed by atoms with Crippen LogP contribution < -0.4 is 10.6 Å². The van der Waals surface area contributed by atoms with E-state index in [1.165, 1.54) is 32.4 Å². The largest absolute Gasteiger partial charge is 0.384 e. The van der Waals surface area contributed by atoms with Gasteiger partial charge in [0.2, 0.25) is 0 Å². The van der Waals surface area contributed by atoms with Crippen molar-refractivity contribution >= 4 is 11.7 Å². The van der Waals surface area contributed by atoms with E-state index in [0.29, 0.717) is 6.04 Å². The molecule has 102 valence electrons. The van der Waals surface area contributed by atoms with E-state index in [0.717, 1.165) is 24.5 Å². The van der Waals surface area contributed by atoms with Crippen molar-refractivity contribution in [1.82, 2.24) is 9.88 Å². The number of nitrogens with two attached hydrogens (primary N) is 1. The molecule has 3 heterocycles. The average molecular weight is 259 g/mol. The zero-order chi connectivity index (χ0) is 13.2. The van der Waals surface area contributed by atoms with E-state index < -0.39 is 0 Å². The van der Waals surface area contributed by atoms with Crippen LogP contribution in [0.2, 0.25) is 0 Å². The monoisotopic (exact) mass is 259 g/mol. The topological polar surface area (TPSA) is 69.2 Å². The maximum absolute atomic E-state index is 7.66. The van der Waals surface area contributed by atoms with Gasteiger partial charge in [0.05, 0.1) is 5.56 Å². The number of pyridine rings is 1. The maximum Gasteiger partial charge on any atom is 0.139 e. The first-order chi connectivity index (χ1) is 9.25. The van der Waals surface area contributed by atoms with E-state index in [1.807, 2.05) is 12.1 Å². The van der Waals surface area contributed by atoms with Gasteiger partial charge in [0, 0.05) is 25.3 Å². The molecule has 0 aliphatic carbocycles. The van der Waals surface area contributed by atoms with Crippen molar-refractivity contribution in [1.29, 1.82) is 5.41 Å². The smallest absolute Gasteiger partial charge is 0.139 e. The average Bonchev–Trinajstić information content (AvgIpc) is 3.09. The van der Waals surface area contributed by atoms with E-state index in [2.05, 4.69) is 14.8 Å². The normalized spacial score (nSPS) is 24.0. The van der Waals surface area contributed by atoms with Gasteiger partial charge < -0.3 is 10.6 Å². The highest BCUT2D eigenvalue weighted by Crippen LogP contribution is 2.26. The van der Waals surface area contributed by atoms with Gasteiger partial charge in [0.1, 0.15) is 11.7 Å². The summed E-state index contributed by atoms with van der Waals surface area (Å²) < 4.78 is 0. The van der Waals surface area contributed by atoms with Gasteiger partial charge in [-0.15, -0.1) is 0 Å². The SMILES string of the molecule is N=C(N)c1cccnc1N1CCC(N2CCCC2)C1. The standard InChI is InChI=1S/C14H21N5/c15-13(16)12-4-3-6-17-14(12)19-9-5-11(10-19)18-7-1-2-8-18/h3-4,6,11H,1-2,5,7-10H2,(H3,15,16). The minimum absolute atomic E-state index is 0.104. The Kier molecular flexibility index (Phi) is 3.38. The fourth-order valence-electron chi connectivity index (χ4n) is 3.20. The number of likely N-dealkylation sites (tertiary alicyclic amines) is 1. The van der Waals surface area contributed by atoms with Crippen molar-refractivity contribution in [3.05, 3.63) is 23.9 Å². The molecule has 3 N–H and O–H groups in total. The lowest BCUT2D eigenvalue weighted by molar-refractivity contribution is 0.260. The minimum atomic E-state index is 0.104. The lowest BCUT2D eigenvalue weighted by Gasteiger charge is -2.24. The number of anilines is 1. The van der Waals surface area contributed by atoms with Crippen LogP contribution in [0.5, 0.6) is 0 Å². The maximum atomic E-state index is 7.66. The Morgan fingerprint density at radius 3 is 2.84 bits per heavy atom. The molecule has 2 saturated heterocycles. The summed E-state index contributed by atoms with van der Waals surface area (Å²) in [4.78, 5) is 9.30. The molecular formula is C14H21N5. The number of hydrogen-bond donors (Lipinski definition) is 2. The Labute approximate surface area is 113 Å². The third kappa shape index (κ3) is 2.42. The molecule has 1 atom stereocenters. The first-order valence-electron chi connectivity index (χ1n) is 7.04. The van der Waals surface area contributed by atoms with Gasteiger partial charge in [0.25, 0.3) is 0 Å². The molecule has 2 aliphatic heterocycles. The van der Waals surface area contributed by atoms with E-state index in [-0.39, 0.29) is 5.84 Å². The molecule has 1 aromatic heterocycles. The van der Waals surface area contributed by atoms with Crippen LogP contribution in [0.25, 0.3) is 0 Å². The fraction of sp³-hybridized carbons (Fsp3) is 0.571. The summed E-state index contributed by atoms with van der Waals surface area (Å²) in [6.07, 6.45) is 5.64. The molecule has 2 fully saturated rings. The van der Waals surface area contributed by atoms with Crippen LogP contribution in [-0.2, 0) is 0 Å². The van der Waals surface area contributed by atoms with E-state index in [9.17, 15) is 0 Å². The van der Waals surface area contributed by atoms with E-state index in [4.69, 9.17) is 11.1 Å². The molecule has 0 bridgehead atoms. The lowest BCUT2D eigenvalue weighted by Crippen LogP contribution is -2.35. The van der Waals surface area contributed by atoms with Gasteiger partial charge in [-0.2, -0.15) is 0 Å². The van der Waals surface area contributed by atoms with Crippen molar-refractivity contribution < 1.29 is 0 Å². The first-order valence-corrected chi connectivity index (χ1v) is 7.04. The second kappa shape index (κ2) is 5.17. The molecule has 19 heavy (non-hydrogen) atoms. The molecular weight excluding hydrogens is 238 g/mol. The van der Waals surface area contributed by atoms with Crippen LogP contribution in [0.1, 0.15) is 24.8 Å². The number of rotatable bonds is 3. The van der Waals surface area contributed by atoms with Gasteiger partial charge in [-0.1, -0.05) is 0 Å². The van der Waals surface area contributed by atoms with Gasteiger partial charge in [-0.05, 0) is 44.5 Å². The summed E-state index contributed by atoms with van der Waals surface area (Å²) in [7, 11) is 0. The predicted molar refractivity (Wildman–Crippen MR) is 76.7 cm³/mol. The van der Waals surface area contributed by atoms with Crippen LogP contribution in [0.4, 0.5) is 5.82 Å².